The number of hydrogen-bond acceptors (Lipinski definition) is 4. The largest absolute Gasteiger partial charge is 0.461 e. The minimum Gasteiger partial charge on any atom is -0.461 e. The lowest BCUT2D eigenvalue weighted by molar-refractivity contribution is 0.0521. The Hall–Kier alpha value is -1.52. The van der Waals surface area contributed by atoms with Crippen LogP contribution in [-0.2, 0) is 11.3 Å². The van der Waals surface area contributed by atoms with Crippen molar-refractivity contribution >= 4 is 11.8 Å². The first-order chi connectivity index (χ1) is 9.70. The van der Waals surface area contributed by atoms with E-state index in [2.05, 4.69) is 11.9 Å². The second-order valence-electron chi connectivity index (χ2n) is 5.01. The van der Waals surface area contributed by atoms with Gasteiger partial charge in [0.1, 0.15) is 5.82 Å². The lowest BCUT2D eigenvalue weighted by Gasteiger charge is -2.05. The van der Waals surface area contributed by atoms with Crippen molar-refractivity contribution in [3.05, 3.63) is 12.0 Å². The molecule has 0 spiro atoms. The number of nitrogens with two attached hydrogens (primary N) is 1. The van der Waals surface area contributed by atoms with Gasteiger partial charge in [0.25, 0.3) is 0 Å². The van der Waals surface area contributed by atoms with Crippen LogP contribution in [-0.4, -0.2) is 22.1 Å². The van der Waals surface area contributed by atoms with E-state index in [1.54, 1.807) is 13.3 Å². The second-order valence-corrected chi connectivity index (χ2v) is 5.01. The van der Waals surface area contributed by atoms with E-state index >= 15 is 0 Å². The van der Waals surface area contributed by atoms with Gasteiger partial charge in [0.05, 0.1) is 12.9 Å². The predicted octanol–water partition coefficient (Wildman–Crippen LogP) is 3.39. The number of ether oxygens (including phenoxy) is 1. The summed E-state index contributed by atoms with van der Waals surface area (Å²) in [5, 5.41) is 0. The fourth-order valence-corrected chi connectivity index (χ4v) is 2.17. The number of nitrogens with zero attached hydrogens (tertiary/aromatic N) is 2. The smallest absolute Gasteiger partial charge is 0.360 e. The van der Waals surface area contributed by atoms with Crippen molar-refractivity contribution in [3.63, 3.8) is 0 Å². The van der Waals surface area contributed by atoms with Gasteiger partial charge in [-0.25, -0.2) is 9.78 Å². The molecule has 0 unspecified atom stereocenters. The molecule has 0 bridgehead atoms. The standard InChI is InChI=1S/C15H27N3O2/c1-3-5-6-7-8-9-10-11-18-12-17-13(14(18)16)15(19)20-4-2/h12H,3-11,16H2,1-2H3. The maximum atomic E-state index is 11.6. The van der Waals surface area contributed by atoms with Gasteiger partial charge in [0, 0.05) is 6.54 Å². The highest BCUT2D eigenvalue weighted by atomic mass is 16.5. The van der Waals surface area contributed by atoms with Gasteiger partial charge in [-0.05, 0) is 13.3 Å². The average molecular weight is 281 g/mol. The van der Waals surface area contributed by atoms with Crippen LogP contribution in [0, 0.1) is 0 Å². The summed E-state index contributed by atoms with van der Waals surface area (Å²) < 4.78 is 6.74. The van der Waals surface area contributed by atoms with Crippen LogP contribution in [0.2, 0.25) is 0 Å². The van der Waals surface area contributed by atoms with Crippen molar-refractivity contribution < 1.29 is 9.53 Å². The maximum absolute atomic E-state index is 11.6. The van der Waals surface area contributed by atoms with Gasteiger partial charge in [-0.15, -0.1) is 0 Å². The number of imidazole rings is 1. The molecule has 1 aromatic rings. The zero-order chi connectivity index (χ0) is 14.8. The first kappa shape index (κ1) is 16.5. The summed E-state index contributed by atoms with van der Waals surface area (Å²) in [6.45, 7) is 5.14. The highest BCUT2D eigenvalue weighted by molar-refractivity contribution is 5.92. The van der Waals surface area contributed by atoms with Crippen LogP contribution in [0.1, 0.15) is 69.3 Å². The first-order valence-electron chi connectivity index (χ1n) is 7.68. The van der Waals surface area contributed by atoms with Crippen molar-refractivity contribution in [2.24, 2.45) is 0 Å². The summed E-state index contributed by atoms with van der Waals surface area (Å²) in [5.74, 6) is -0.0299. The van der Waals surface area contributed by atoms with Crippen LogP contribution in [0.4, 0.5) is 5.82 Å². The van der Waals surface area contributed by atoms with Gasteiger partial charge in [0.2, 0.25) is 0 Å². The van der Waals surface area contributed by atoms with Crippen molar-refractivity contribution in [2.75, 3.05) is 12.3 Å². The Bertz CT molecular complexity index is 402. The summed E-state index contributed by atoms with van der Waals surface area (Å²) >= 11 is 0. The van der Waals surface area contributed by atoms with Gasteiger partial charge in [-0.3, -0.25) is 0 Å². The summed E-state index contributed by atoms with van der Waals surface area (Å²) in [4.78, 5) is 15.6. The minimum atomic E-state index is -0.441. The van der Waals surface area contributed by atoms with E-state index in [1.807, 2.05) is 4.57 Å². The quantitative estimate of drug-likeness (QED) is 0.527. The molecule has 0 saturated carbocycles. The number of hydrogen-bond donors (Lipinski definition) is 1. The van der Waals surface area contributed by atoms with E-state index in [0.29, 0.717) is 12.4 Å². The van der Waals surface area contributed by atoms with Crippen LogP contribution in [0.5, 0.6) is 0 Å². The Kier molecular flexibility index (Phi) is 7.77. The zero-order valence-electron chi connectivity index (χ0n) is 12.7. The Morgan fingerprint density at radius 2 is 1.85 bits per heavy atom. The van der Waals surface area contributed by atoms with E-state index in [9.17, 15) is 4.79 Å². The van der Waals surface area contributed by atoms with Gasteiger partial charge in [-0.1, -0.05) is 45.4 Å². The number of anilines is 1. The molecule has 0 radical (unpaired) electrons. The molecule has 2 N–H and O–H groups in total. The molecule has 1 heterocycles. The molecule has 5 heteroatoms. The third-order valence-corrected chi connectivity index (χ3v) is 3.35. The zero-order valence-corrected chi connectivity index (χ0v) is 12.7. The number of rotatable bonds is 10. The van der Waals surface area contributed by atoms with E-state index in [4.69, 9.17) is 10.5 Å². The minimum absolute atomic E-state index is 0.231. The van der Waals surface area contributed by atoms with Gasteiger partial charge in [0.15, 0.2) is 5.69 Å². The van der Waals surface area contributed by atoms with Crippen LogP contribution < -0.4 is 5.73 Å². The van der Waals surface area contributed by atoms with Crippen LogP contribution in [0.3, 0.4) is 0 Å². The van der Waals surface area contributed by atoms with Crippen LogP contribution in [0.15, 0.2) is 6.33 Å². The molecule has 114 valence electrons. The Morgan fingerprint density at radius 3 is 2.50 bits per heavy atom. The molecule has 0 fully saturated rings. The molecule has 20 heavy (non-hydrogen) atoms. The number of nitrogen functional groups attached to an aromatic ring is 1. The van der Waals surface area contributed by atoms with Crippen molar-refractivity contribution in [2.45, 2.75) is 65.3 Å². The Morgan fingerprint density at radius 1 is 1.20 bits per heavy atom. The molecule has 0 saturated heterocycles. The van der Waals surface area contributed by atoms with Crippen molar-refractivity contribution in [1.82, 2.24) is 9.55 Å². The number of aromatic nitrogens is 2. The molecule has 0 aliphatic heterocycles. The summed E-state index contributed by atoms with van der Waals surface area (Å²) in [7, 11) is 0. The molecule has 1 aromatic heterocycles. The van der Waals surface area contributed by atoms with E-state index in [0.717, 1.165) is 13.0 Å². The molecular weight excluding hydrogens is 254 g/mol. The average Bonchev–Trinajstić information content (AvgIpc) is 2.79. The number of carbonyl (C=O) groups is 1. The Labute approximate surface area is 121 Å². The molecule has 0 amide bonds. The molecule has 5 nitrogen and oxygen atoms in total. The maximum Gasteiger partial charge on any atom is 0.360 e. The highest BCUT2D eigenvalue weighted by Gasteiger charge is 2.16. The highest BCUT2D eigenvalue weighted by Crippen LogP contribution is 2.14. The Balaban J connectivity index is 2.29. The van der Waals surface area contributed by atoms with Gasteiger partial charge in [-0.2, -0.15) is 0 Å². The number of carbonyl (C=O) groups excluding carboxylic acids is 1. The lowest BCUT2D eigenvalue weighted by atomic mass is 10.1. The second kappa shape index (κ2) is 9.39. The summed E-state index contributed by atoms with van der Waals surface area (Å²) in [5.41, 5.74) is 6.15. The molecule has 1 rings (SSSR count). The van der Waals surface area contributed by atoms with E-state index in [1.165, 1.54) is 38.5 Å². The topological polar surface area (TPSA) is 70.1 Å². The summed E-state index contributed by atoms with van der Waals surface area (Å²) in [6.07, 6.45) is 10.4. The molecule has 0 atom stereocenters. The number of aryl methyl sites for hydroxylation is 1. The number of unbranched alkanes of at least 4 members (excludes halogenated alkanes) is 6. The first-order valence-corrected chi connectivity index (χ1v) is 7.68. The monoisotopic (exact) mass is 281 g/mol. The normalized spacial score (nSPS) is 10.7. The van der Waals surface area contributed by atoms with Crippen molar-refractivity contribution in [1.29, 1.82) is 0 Å². The molecule has 0 aliphatic rings. The van der Waals surface area contributed by atoms with Crippen LogP contribution >= 0.6 is 0 Å². The van der Waals surface area contributed by atoms with Crippen LogP contribution in [0.25, 0.3) is 0 Å². The predicted molar refractivity (Wildman–Crippen MR) is 80.6 cm³/mol. The van der Waals surface area contributed by atoms with Gasteiger partial charge >= 0.3 is 5.97 Å². The van der Waals surface area contributed by atoms with E-state index < -0.39 is 5.97 Å². The fraction of sp³-hybridized carbons (Fsp3) is 0.733. The van der Waals surface area contributed by atoms with E-state index in [-0.39, 0.29) is 5.69 Å². The van der Waals surface area contributed by atoms with Gasteiger partial charge < -0.3 is 15.0 Å². The third-order valence-electron chi connectivity index (χ3n) is 3.35. The molecule has 0 aliphatic carbocycles. The molecule has 0 aromatic carbocycles. The lowest BCUT2D eigenvalue weighted by Crippen LogP contribution is -2.10. The SMILES string of the molecule is CCCCCCCCCn1cnc(C(=O)OCC)c1N. The molecular formula is C15H27N3O2. The third kappa shape index (κ3) is 5.23. The number of esters is 1. The summed E-state index contributed by atoms with van der Waals surface area (Å²) in [6, 6.07) is 0. The van der Waals surface area contributed by atoms with Crippen molar-refractivity contribution in [3.8, 4) is 0 Å². The fourth-order valence-electron chi connectivity index (χ4n) is 2.17.